The molecule has 7 heteroatoms. The quantitative estimate of drug-likeness (QED) is 0.283. The lowest BCUT2D eigenvalue weighted by Crippen LogP contribution is -2.43. The second kappa shape index (κ2) is 11.9. The summed E-state index contributed by atoms with van der Waals surface area (Å²) in [6, 6.07) is 29.1. The standard InChI is InChI=1S/C30H28N2O5/c1-30(29(34)35,37-26-7-3-2-4-8-26)21-22-10-16-25(17-11-22)36-20-19-32-28(33)24-14-12-23(13-15-24)27-9-5-6-18-31-27/h2-18H,19-21H2,1H3,(H,32,33)(H,34,35). The first-order valence-corrected chi connectivity index (χ1v) is 11.9. The van der Waals surface area contributed by atoms with Crippen LogP contribution in [0.4, 0.5) is 0 Å². The Kier molecular flexibility index (Phi) is 8.15. The fourth-order valence-electron chi connectivity index (χ4n) is 3.76. The lowest BCUT2D eigenvalue weighted by atomic mass is 9.96. The summed E-state index contributed by atoms with van der Waals surface area (Å²) in [7, 11) is 0. The van der Waals surface area contributed by atoms with Crippen molar-refractivity contribution in [1.82, 2.24) is 10.3 Å². The molecule has 0 saturated carbocycles. The third kappa shape index (κ3) is 6.95. The Balaban J connectivity index is 1.24. The number of ether oxygens (including phenoxy) is 2. The van der Waals surface area contributed by atoms with E-state index in [1.807, 2.05) is 48.5 Å². The minimum absolute atomic E-state index is 0.183. The zero-order valence-electron chi connectivity index (χ0n) is 20.5. The Labute approximate surface area is 215 Å². The SMILES string of the molecule is CC(Cc1ccc(OCCNC(=O)c2ccc(-c3ccccn3)cc2)cc1)(Oc1ccccc1)C(=O)O. The second-order valence-electron chi connectivity index (χ2n) is 8.67. The Morgan fingerprint density at radius 2 is 1.57 bits per heavy atom. The van der Waals surface area contributed by atoms with Crippen LogP contribution < -0.4 is 14.8 Å². The van der Waals surface area contributed by atoms with E-state index < -0.39 is 11.6 Å². The molecule has 0 aliphatic heterocycles. The fraction of sp³-hybridized carbons (Fsp3) is 0.167. The number of rotatable bonds is 11. The summed E-state index contributed by atoms with van der Waals surface area (Å²) in [6.45, 7) is 2.19. The van der Waals surface area contributed by atoms with Gasteiger partial charge in [0.15, 0.2) is 0 Å². The highest BCUT2D eigenvalue weighted by Gasteiger charge is 2.36. The van der Waals surface area contributed by atoms with E-state index in [9.17, 15) is 14.7 Å². The third-order valence-electron chi connectivity index (χ3n) is 5.77. The Morgan fingerprint density at radius 1 is 0.865 bits per heavy atom. The van der Waals surface area contributed by atoms with Crippen LogP contribution in [0.25, 0.3) is 11.3 Å². The molecule has 2 N–H and O–H groups in total. The van der Waals surface area contributed by atoms with Gasteiger partial charge in [0.1, 0.15) is 18.1 Å². The number of carboxylic acids is 1. The van der Waals surface area contributed by atoms with Gasteiger partial charge < -0.3 is 19.9 Å². The monoisotopic (exact) mass is 496 g/mol. The van der Waals surface area contributed by atoms with Gasteiger partial charge in [-0.1, -0.05) is 48.5 Å². The molecule has 0 saturated heterocycles. The number of para-hydroxylation sites is 1. The van der Waals surface area contributed by atoms with Crippen molar-refractivity contribution < 1.29 is 24.2 Å². The number of carboxylic acid groups (broad SMARTS) is 1. The highest BCUT2D eigenvalue weighted by atomic mass is 16.5. The maximum atomic E-state index is 12.4. The van der Waals surface area contributed by atoms with E-state index >= 15 is 0 Å². The first-order chi connectivity index (χ1) is 17.9. The number of hydrogen-bond donors (Lipinski definition) is 2. The van der Waals surface area contributed by atoms with E-state index in [1.165, 1.54) is 0 Å². The summed E-state index contributed by atoms with van der Waals surface area (Å²) < 4.78 is 11.5. The molecule has 0 aliphatic rings. The van der Waals surface area contributed by atoms with E-state index in [2.05, 4.69) is 10.3 Å². The summed E-state index contributed by atoms with van der Waals surface area (Å²) >= 11 is 0. The van der Waals surface area contributed by atoms with Crippen LogP contribution in [0.5, 0.6) is 11.5 Å². The highest BCUT2D eigenvalue weighted by Crippen LogP contribution is 2.24. The lowest BCUT2D eigenvalue weighted by Gasteiger charge is -2.26. The molecule has 0 spiro atoms. The van der Waals surface area contributed by atoms with E-state index in [0.717, 1.165) is 16.8 Å². The van der Waals surface area contributed by atoms with Crippen LogP contribution in [0, 0.1) is 0 Å². The predicted octanol–water partition coefficient (Wildman–Crippen LogP) is 5.02. The topological polar surface area (TPSA) is 97.8 Å². The molecule has 188 valence electrons. The Morgan fingerprint density at radius 3 is 2.22 bits per heavy atom. The maximum Gasteiger partial charge on any atom is 0.348 e. The van der Waals surface area contributed by atoms with Gasteiger partial charge in [-0.3, -0.25) is 9.78 Å². The molecular weight excluding hydrogens is 468 g/mol. The molecule has 1 unspecified atom stereocenters. The van der Waals surface area contributed by atoms with Crippen molar-refractivity contribution in [3.8, 4) is 22.8 Å². The van der Waals surface area contributed by atoms with Crippen molar-refractivity contribution in [2.45, 2.75) is 18.9 Å². The van der Waals surface area contributed by atoms with Gasteiger partial charge in [-0.25, -0.2) is 4.79 Å². The number of carbonyl (C=O) groups excluding carboxylic acids is 1. The zero-order chi connectivity index (χ0) is 26.1. The van der Waals surface area contributed by atoms with Gasteiger partial charge in [0, 0.05) is 23.7 Å². The summed E-state index contributed by atoms with van der Waals surface area (Å²) in [6.07, 6.45) is 1.92. The van der Waals surface area contributed by atoms with E-state index in [-0.39, 0.29) is 12.3 Å². The number of amides is 1. The number of aromatic nitrogens is 1. The normalized spacial score (nSPS) is 12.2. The summed E-state index contributed by atoms with van der Waals surface area (Å²) in [5.74, 6) is -0.103. The molecule has 1 aromatic heterocycles. The molecule has 0 radical (unpaired) electrons. The minimum atomic E-state index is -1.41. The molecule has 1 heterocycles. The van der Waals surface area contributed by atoms with Crippen molar-refractivity contribution in [3.63, 3.8) is 0 Å². The number of aliphatic carboxylic acids is 1. The highest BCUT2D eigenvalue weighted by molar-refractivity contribution is 5.94. The van der Waals surface area contributed by atoms with Crippen molar-refractivity contribution >= 4 is 11.9 Å². The largest absolute Gasteiger partial charge is 0.492 e. The molecule has 0 fully saturated rings. The predicted molar refractivity (Wildman–Crippen MR) is 141 cm³/mol. The second-order valence-corrected chi connectivity index (χ2v) is 8.67. The molecule has 37 heavy (non-hydrogen) atoms. The van der Waals surface area contributed by atoms with Crippen LogP contribution in [0.1, 0.15) is 22.8 Å². The number of carbonyl (C=O) groups is 2. The van der Waals surface area contributed by atoms with E-state index in [4.69, 9.17) is 9.47 Å². The number of pyridine rings is 1. The van der Waals surface area contributed by atoms with E-state index in [1.54, 1.807) is 61.7 Å². The van der Waals surface area contributed by atoms with Gasteiger partial charge in [-0.2, -0.15) is 0 Å². The van der Waals surface area contributed by atoms with Crippen LogP contribution in [0.15, 0.2) is 103 Å². The Hall–Kier alpha value is -4.65. The van der Waals surface area contributed by atoms with Crippen LogP contribution in [0.3, 0.4) is 0 Å². The number of hydrogen-bond acceptors (Lipinski definition) is 5. The fourth-order valence-corrected chi connectivity index (χ4v) is 3.76. The van der Waals surface area contributed by atoms with Crippen molar-refractivity contribution in [1.29, 1.82) is 0 Å². The maximum absolute atomic E-state index is 12.4. The first kappa shape index (κ1) is 25.4. The van der Waals surface area contributed by atoms with Crippen LogP contribution in [0.2, 0.25) is 0 Å². The van der Waals surface area contributed by atoms with Gasteiger partial charge >= 0.3 is 5.97 Å². The zero-order valence-corrected chi connectivity index (χ0v) is 20.5. The third-order valence-corrected chi connectivity index (χ3v) is 5.77. The molecular formula is C30H28N2O5. The minimum Gasteiger partial charge on any atom is -0.492 e. The molecule has 4 aromatic rings. The van der Waals surface area contributed by atoms with E-state index in [0.29, 0.717) is 30.2 Å². The average molecular weight is 497 g/mol. The van der Waals surface area contributed by atoms with Gasteiger partial charge in [-0.15, -0.1) is 0 Å². The van der Waals surface area contributed by atoms with Crippen LogP contribution in [-0.4, -0.2) is 40.7 Å². The molecule has 0 aliphatic carbocycles. The molecule has 0 bridgehead atoms. The van der Waals surface area contributed by atoms with Gasteiger partial charge in [0.25, 0.3) is 5.91 Å². The van der Waals surface area contributed by atoms with Gasteiger partial charge in [0.05, 0.1) is 12.2 Å². The summed E-state index contributed by atoms with van der Waals surface area (Å²) in [4.78, 5) is 28.7. The first-order valence-electron chi connectivity index (χ1n) is 11.9. The molecule has 4 rings (SSSR count). The lowest BCUT2D eigenvalue weighted by molar-refractivity contribution is -0.153. The summed E-state index contributed by atoms with van der Waals surface area (Å²) in [5, 5.41) is 12.6. The van der Waals surface area contributed by atoms with Gasteiger partial charge in [-0.05, 0) is 61.0 Å². The number of nitrogens with one attached hydrogen (secondary N) is 1. The number of benzene rings is 3. The smallest absolute Gasteiger partial charge is 0.348 e. The van der Waals surface area contributed by atoms with Crippen LogP contribution in [-0.2, 0) is 11.2 Å². The Bertz CT molecular complexity index is 1310. The van der Waals surface area contributed by atoms with Crippen molar-refractivity contribution in [2.24, 2.45) is 0 Å². The van der Waals surface area contributed by atoms with Crippen molar-refractivity contribution in [3.05, 3.63) is 114 Å². The molecule has 7 nitrogen and oxygen atoms in total. The molecule has 3 aromatic carbocycles. The summed E-state index contributed by atoms with van der Waals surface area (Å²) in [5.41, 5.74) is 1.74. The van der Waals surface area contributed by atoms with Crippen molar-refractivity contribution in [2.75, 3.05) is 13.2 Å². The average Bonchev–Trinajstić information content (AvgIpc) is 2.93. The molecule has 1 amide bonds. The molecule has 1 atom stereocenters. The van der Waals surface area contributed by atoms with Crippen LogP contribution >= 0.6 is 0 Å². The van der Waals surface area contributed by atoms with Gasteiger partial charge in [0.2, 0.25) is 5.60 Å². The number of nitrogens with zero attached hydrogens (tertiary/aromatic N) is 1.